The summed E-state index contributed by atoms with van der Waals surface area (Å²) in [6, 6.07) is 45.4. The average Bonchev–Trinajstić information content (AvgIpc) is 1.80. The van der Waals surface area contributed by atoms with Gasteiger partial charge in [0.15, 0.2) is 0 Å². The number of nitrogens with one attached hydrogen (secondary N) is 2. The van der Waals surface area contributed by atoms with Crippen LogP contribution in [0.1, 0.15) is 56.9 Å². The van der Waals surface area contributed by atoms with Gasteiger partial charge < -0.3 is 55.3 Å². The van der Waals surface area contributed by atoms with Gasteiger partial charge in [-0.25, -0.2) is 0 Å². The molecular formula is C67H83N9O9+2. The lowest BCUT2D eigenvalue weighted by atomic mass is 9.97. The summed E-state index contributed by atoms with van der Waals surface area (Å²) in [4.78, 5) is 28.2. The van der Waals surface area contributed by atoms with Crippen LogP contribution in [0.15, 0.2) is 139 Å². The second-order valence-corrected chi connectivity index (χ2v) is 20.9. The molecule has 18 heteroatoms. The molecule has 85 heavy (non-hydrogen) atoms. The van der Waals surface area contributed by atoms with E-state index in [4.69, 9.17) is 50.2 Å². The Hall–Kier alpha value is -7.77. The largest absolute Gasteiger partial charge is 0.399 e. The smallest absolute Gasteiger partial charge is 0.220 e. The van der Waals surface area contributed by atoms with Gasteiger partial charge in [-0.2, -0.15) is 9.13 Å². The van der Waals surface area contributed by atoms with E-state index >= 15 is 0 Å². The summed E-state index contributed by atoms with van der Waals surface area (Å²) < 4.78 is 43.9. The summed E-state index contributed by atoms with van der Waals surface area (Å²) >= 11 is 0. The minimum absolute atomic E-state index is 0.00198. The van der Waals surface area contributed by atoms with Crippen molar-refractivity contribution in [2.75, 3.05) is 117 Å². The fourth-order valence-electron chi connectivity index (χ4n) is 10.6. The van der Waals surface area contributed by atoms with Crippen LogP contribution in [0, 0.1) is 6.92 Å². The van der Waals surface area contributed by atoms with Crippen LogP contribution in [0.3, 0.4) is 0 Å². The summed E-state index contributed by atoms with van der Waals surface area (Å²) in [6.45, 7) is 10.8. The van der Waals surface area contributed by atoms with Crippen LogP contribution < -0.4 is 31.2 Å². The lowest BCUT2D eigenvalue weighted by molar-refractivity contribution is -0.660. The first-order valence-electron chi connectivity index (χ1n) is 29.9. The van der Waals surface area contributed by atoms with Crippen molar-refractivity contribution < 1.29 is 51.9 Å². The van der Waals surface area contributed by atoms with Crippen molar-refractivity contribution in [1.82, 2.24) is 10.6 Å². The topological polar surface area (TPSA) is 231 Å². The molecule has 0 saturated heterocycles. The van der Waals surface area contributed by atoms with Crippen LogP contribution in [-0.4, -0.2) is 117 Å². The van der Waals surface area contributed by atoms with Crippen molar-refractivity contribution in [2.45, 2.75) is 71.4 Å². The number of hydrogen-bond acceptors (Lipinski definition) is 12. The van der Waals surface area contributed by atoms with E-state index in [1.54, 1.807) is 0 Å². The molecule has 6 aromatic carbocycles. The van der Waals surface area contributed by atoms with Crippen LogP contribution in [0.5, 0.6) is 0 Å². The standard InChI is InChI=1S/C67H81N9O9/c1-50-20-24-56-58-25-21-53(68)47-62(58)75(66(60(56)46-50)51-14-6-2-7-15-51)30-12-4-10-18-64(77)71-28-32-79-34-36-81-38-40-83-42-44-85-45-43-84-41-39-82-37-35-80-33-29-72-65(78)19-11-5-13-31-76-63-48-54(69)22-26-59(63)57-27-23-55(73-74-70)49-61(57)67(76)52-16-8-3-9-17-52/h2-3,6-9,14-17,20-27,46-49,68-69H,4-5,10-13,18-19,28-45H2,1H3,(H2,71,72,77,78)/p+2. The molecule has 0 atom stereocenters. The van der Waals surface area contributed by atoms with Crippen LogP contribution in [0.4, 0.5) is 17.1 Å². The summed E-state index contributed by atoms with van der Waals surface area (Å²) in [5, 5.41) is 16.5. The number of benzene rings is 6. The second kappa shape index (κ2) is 34.9. The third-order valence-corrected chi connectivity index (χ3v) is 14.6. The zero-order chi connectivity index (χ0) is 59.3. The SMILES string of the molecule is Cc1ccc2c(c1)c(-c1ccccc1)[n+](CCCCCC(=O)NCCOCCOCCOCCOCCOCCOCCOCCNC(=O)CCCCC[n+]1c(-c3ccccc3)c3cc(N=[N+]=[N-])ccc3c3ccc(N)cc31)c1cc(N)ccc21. The van der Waals surface area contributed by atoms with Gasteiger partial charge in [0.2, 0.25) is 34.2 Å². The molecule has 0 aliphatic heterocycles. The Morgan fingerprint density at radius 3 is 1.26 bits per heavy atom. The minimum Gasteiger partial charge on any atom is -0.399 e. The third kappa shape index (κ3) is 19.4. The van der Waals surface area contributed by atoms with Gasteiger partial charge in [-0.15, -0.1) is 0 Å². The molecule has 8 aromatic rings. The Balaban J connectivity index is 0.565. The Bertz CT molecular complexity index is 3460. The number of carbonyl (C=O) groups is 2. The molecule has 0 fully saturated rings. The van der Waals surface area contributed by atoms with Gasteiger partial charge in [0.05, 0.1) is 114 Å². The molecule has 2 aromatic heterocycles. The maximum absolute atomic E-state index is 12.6. The van der Waals surface area contributed by atoms with E-state index < -0.39 is 0 Å². The number of anilines is 2. The van der Waals surface area contributed by atoms with E-state index in [1.165, 1.54) is 33.0 Å². The highest BCUT2D eigenvalue weighted by molar-refractivity contribution is 6.11. The van der Waals surface area contributed by atoms with Crippen LogP contribution >= 0.6 is 0 Å². The van der Waals surface area contributed by atoms with E-state index in [2.05, 4.69) is 103 Å². The summed E-state index contributed by atoms with van der Waals surface area (Å²) in [6.07, 6.45) is 6.04. The predicted molar refractivity (Wildman–Crippen MR) is 335 cm³/mol. The molecule has 448 valence electrons. The Morgan fingerprint density at radius 2 is 0.835 bits per heavy atom. The number of nitrogen functional groups attached to an aromatic ring is 2. The maximum Gasteiger partial charge on any atom is 0.220 e. The number of azide groups is 1. The van der Waals surface area contributed by atoms with Gasteiger partial charge in [-0.1, -0.05) is 71.3 Å². The van der Waals surface area contributed by atoms with Crippen LogP contribution in [0.25, 0.3) is 76.3 Å². The fourth-order valence-corrected chi connectivity index (χ4v) is 10.6. The van der Waals surface area contributed by atoms with Crippen molar-refractivity contribution in [3.63, 3.8) is 0 Å². The Labute approximate surface area is 498 Å². The van der Waals surface area contributed by atoms with Gasteiger partial charge in [-0.3, -0.25) is 9.59 Å². The number of aryl methyl sites for hydroxylation is 3. The number of pyridine rings is 2. The molecule has 18 nitrogen and oxygen atoms in total. The van der Waals surface area contributed by atoms with Gasteiger partial charge in [0.1, 0.15) is 13.1 Å². The highest BCUT2D eigenvalue weighted by atomic mass is 16.6. The molecule has 0 aliphatic carbocycles. The van der Waals surface area contributed by atoms with Crippen molar-refractivity contribution in [1.29, 1.82) is 0 Å². The predicted octanol–water partition coefficient (Wildman–Crippen LogP) is 10.8. The number of nitrogens with two attached hydrogens (primary N) is 2. The van der Waals surface area contributed by atoms with Crippen molar-refractivity contribution in [3.8, 4) is 22.5 Å². The van der Waals surface area contributed by atoms with Gasteiger partial charge in [-0.05, 0) is 98.8 Å². The van der Waals surface area contributed by atoms with Crippen LogP contribution in [-0.2, 0) is 55.8 Å². The lowest BCUT2D eigenvalue weighted by Gasteiger charge is -2.13. The molecule has 8 rings (SSSR count). The Kier molecular flexibility index (Phi) is 26.0. The van der Waals surface area contributed by atoms with E-state index in [-0.39, 0.29) is 11.8 Å². The highest BCUT2D eigenvalue weighted by Gasteiger charge is 2.26. The second-order valence-electron chi connectivity index (χ2n) is 20.9. The molecule has 6 N–H and O–H groups in total. The fraction of sp³-hybridized carbons (Fsp3) is 0.403. The zero-order valence-corrected chi connectivity index (χ0v) is 49.2. The molecule has 2 heterocycles. The molecule has 0 aliphatic rings. The van der Waals surface area contributed by atoms with Crippen molar-refractivity contribution >= 4 is 72.2 Å². The molecule has 0 spiro atoms. The average molecular weight is 1160 g/mol. The molecule has 0 bridgehead atoms. The van der Waals surface area contributed by atoms with Crippen LogP contribution in [0.2, 0.25) is 0 Å². The van der Waals surface area contributed by atoms with E-state index in [0.717, 1.165) is 95.8 Å². The number of rotatable bonds is 39. The molecule has 2 amide bonds. The number of aromatic nitrogens is 2. The molecule has 0 saturated carbocycles. The number of nitrogens with zero attached hydrogens (tertiary/aromatic N) is 5. The van der Waals surface area contributed by atoms with Gasteiger partial charge in [0, 0.05) is 94.8 Å². The molecule has 0 radical (unpaired) electrons. The highest BCUT2D eigenvalue weighted by Crippen LogP contribution is 2.36. The summed E-state index contributed by atoms with van der Waals surface area (Å²) in [5.41, 5.74) is 31.6. The number of unbranched alkanes of at least 4 members (excludes halogenated alkanes) is 4. The van der Waals surface area contributed by atoms with E-state index in [1.807, 2.05) is 66.7 Å². The van der Waals surface area contributed by atoms with Gasteiger partial charge >= 0.3 is 0 Å². The monoisotopic (exact) mass is 1160 g/mol. The number of carbonyl (C=O) groups excluding carboxylic acids is 2. The van der Waals surface area contributed by atoms with E-state index in [9.17, 15) is 9.59 Å². The first-order chi connectivity index (χ1) is 41.8. The zero-order valence-electron chi connectivity index (χ0n) is 49.2. The number of fused-ring (bicyclic) bond motifs is 6. The lowest BCUT2D eigenvalue weighted by Crippen LogP contribution is -2.38. The summed E-state index contributed by atoms with van der Waals surface area (Å²) in [5.74, 6) is 0.0366. The third-order valence-electron chi connectivity index (χ3n) is 14.6. The number of hydrogen-bond donors (Lipinski definition) is 4. The van der Waals surface area contributed by atoms with Crippen molar-refractivity contribution in [2.24, 2.45) is 5.11 Å². The normalized spacial score (nSPS) is 11.4. The molecule has 0 unspecified atom stereocenters. The van der Waals surface area contributed by atoms with E-state index in [0.29, 0.717) is 130 Å². The first kappa shape index (κ1) is 63.3. The quantitative estimate of drug-likeness (QED) is 0.00538. The Morgan fingerprint density at radius 1 is 0.447 bits per heavy atom. The van der Waals surface area contributed by atoms with Gasteiger partial charge in [0.25, 0.3) is 0 Å². The number of amides is 2. The molecular weight excluding hydrogens is 1070 g/mol. The number of ether oxygens (including phenoxy) is 7. The summed E-state index contributed by atoms with van der Waals surface area (Å²) in [7, 11) is 0. The minimum atomic E-state index is 0.00198. The van der Waals surface area contributed by atoms with Crippen molar-refractivity contribution in [3.05, 3.63) is 149 Å². The maximum atomic E-state index is 12.6. The first-order valence-corrected chi connectivity index (χ1v) is 29.9.